The minimum Gasteiger partial charge on any atom is -0.261 e. The van der Waals surface area contributed by atoms with E-state index in [0.717, 1.165) is 6.42 Å². The number of pyridine rings is 1. The molecule has 0 radical (unpaired) electrons. The third-order valence-corrected chi connectivity index (χ3v) is 2.89. The lowest BCUT2D eigenvalue weighted by Crippen LogP contribution is -2.08. The van der Waals surface area contributed by atoms with Crippen LogP contribution in [0.5, 0.6) is 0 Å². The lowest BCUT2D eigenvalue weighted by molar-refractivity contribution is 0.673. The average molecular weight is 196 g/mol. The molecule has 0 fully saturated rings. The number of fused-ring (bicyclic) bond motifs is 1. The first-order chi connectivity index (χ1) is 6.42. The van der Waals surface area contributed by atoms with Crippen LogP contribution in [0.25, 0.3) is 0 Å². The van der Waals surface area contributed by atoms with Crippen LogP contribution in [0.4, 0.5) is 0 Å². The molecular weight excluding hydrogens is 182 g/mol. The van der Waals surface area contributed by atoms with E-state index in [1.165, 1.54) is 42.5 Å². The summed E-state index contributed by atoms with van der Waals surface area (Å²) >= 11 is 5.74. The maximum atomic E-state index is 5.74. The minimum absolute atomic E-state index is 0.684. The second-order valence-corrected chi connectivity index (χ2v) is 3.92. The summed E-state index contributed by atoms with van der Waals surface area (Å²) in [5.74, 6) is 0.684. The normalized spacial score (nSPS) is 15.5. The molecule has 0 aliphatic heterocycles. The molecule has 0 unspecified atom stereocenters. The van der Waals surface area contributed by atoms with Gasteiger partial charge in [0.25, 0.3) is 0 Å². The molecule has 1 aliphatic rings. The van der Waals surface area contributed by atoms with Crippen molar-refractivity contribution in [2.75, 3.05) is 5.88 Å². The van der Waals surface area contributed by atoms with Crippen LogP contribution in [0, 0.1) is 0 Å². The van der Waals surface area contributed by atoms with Gasteiger partial charge in [-0.2, -0.15) is 0 Å². The lowest BCUT2D eigenvalue weighted by Gasteiger charge is -2.17. The molecule has 0 atom stereocenters. The fourth-order valence-electron chi connectivity index (χ4n) is 2.04. The predicted molar refractivity (Wildman–Crippen MR) is 55.3 cm³/mol. The van der Waals surface area contributed by atoms with Crippen molar-refractivity contribution in [1.82, 2.24) is 4.98 Å². The molecular formula is C11H14ClN. The fourth-order valence-corrected chi connectivity index (χ4v) is 2.22. The second-order valence-electron chi connectivity index (χ2n) is 3.54. The van der Waals surface area contributed by atoms with E-state index in [-0.39, 0.29) is 0 Å². The number of hydrogen-bond acceptors (Lipinski definition) is 1. The summed E-state index contributed by atoms with van der Waals surface area (Å²) in [6, 6.07) is 2.16. The Labute approximate surface area is 84.1 Å². The van der Waals surface area contributed by atoms with Gasteiger partial charge in [-0.3, -0.25) is 4.98 Å². The highest BCUT2D eigenvalue weighted by molar-refractivity contribution is 6.17. The first-order valence-corrected chi connectivity index (χ1v) is 5.47. The Bertz CT molecular complexity index is 296. The first kappa shape index (κ1) is 9.01. The molecule has 0 aromatic carbocycles. The Morgan fingerprint density at radius 2 is 2.15 bits per heavy atom. The Balaban J connectivity index is 2.34. The van der Waals surface area contributed by atoms with Crippen LogP contribution in [0.15, 0.2) is 12.3 Å². The van der Waals surface area contributed by atoms with Crippen LogP contribution in [-0.4, -0.2) is 10.9 Å². The molecule has 0 amide bonds. The number of halogens is 1. The van der Waals surface area contributed by atoms with E-state index in [4.69, 9.17) is 11.6 Å². The fraction of sp³-hybridized carbons (Fsp3) is 0.545. The van der Waals surface area contributed by atoms with Crippen molar-refractivity contribution >= 4 is 11.6 Å². The maximum absolute atomic E-state index is 5.74. The van der Waals surface area contributed by atoms with Gasteiger partial charge < -0.3 is 0 Å². The number of alkyl halides is 1. The van der Waals surface area contributed by atoms with Crippen molar-refractivity contribution in [2.24, 2.45) is 0 Å². The molecule has 70 valence electrons. The average Bonchev–Trinajstić information content (AvgIpc) is 2.19. The summed E-state index contributed by atoms with van der Waals surface area (Å²) in [5.41, 5.74) is 4.21. The monoisotopic (exact) mass is 195 g/mol. The van der Waals surface area contributed by atoms with E-state index in [9.17, 15) is 0 Å². The molecule has 1 aliphatic carbocycles. The summed E-state index contributed by atoms with van der Waals surface area (Å²) in [6.45, 7) is 0. The smallest absolute Gasteiger partial charge is 0.0450 e. The van der Waals surface area contributed by atoms with E-state index >= 15 is 0 Å². The highest BCUT2D eigenvalue weighted by atomic mass is 35.5. The number of aryl methyl sites for hydroxylation is 2. The van der Waals surface area contributed by atoms with Gasteiger partial charge in [-0.1, -0.05) is 0 Å². The van der Waals surface area contributed by atoms with Crippen LogP contribution in [-0.2, 0) is 19.3 Å². The molecule has 1 aromatic rings. The Hall–Kier alpha value is -0.560. The zero-order valence-corrected chi connectivity index (χ0v) is 8.48. The van der Waals surface area contributed by atoms with Crippen LogP contribution < -0.4 is 0 Å². The van der Waals surface area contributed by atoms with Gasteiger partial charge in [0, 0.05) is 24.2 Å². The van der Waals surface area contributed by atoms with Gasteiger partial charge in [0.1, 0.15) is 0 Å². The molecule has 0 saturated heterocycles. The summed E-state index contributed by atoms with van der Waals surface area (Å²) in [7, 11) is 0. The SMILES string of the molecule is ClCCc1nccc2c1CCCC2. The third kappa shape index (κ3) is 1.86. The van der Waals surface area contributed by atoms with Gasteiger partial charge in [0.15, 0.2) is 0 Å². The third-order valence-electron chi connectivity index (χ3n) is 2.70. The quantitative estimate of drug-likeness (QED) is 0.662. The van der Waals surface area contributed by atoms with Crippen molar-refractivity contribution in [1.29, 1.82) is 0 Å². The van der Waals surface area contributed by atoms with Gasteiger partial charge >= 0.3 is 0 Å². The summed E-state index contributed by atoms with van der Waals surface area (Å²) in [4.78, 5) is 4.40. The molecule has 1 aromatic heterocycles. The summed E-state index contributed by atoms with van der Waals surface area (Å²) in [6.07, 6.45) is 7.92. The van der Waals surface area contributed by atoms with Crippen molar-refractivity contribution in [3.63, 3.8) is 0 Å². The van der Waals surface area contributed by atoms with Gasteiger partial charge in [0.05, 0.1) is 0 Å². The van der Waals surface area contributed by atoms with Crippen molar-refractivity contribution in [3.05, 3.63) is 29.1 Å². The van der Waals surface area contributed by atoms with Crippen LogP contribution in [0.3, 0.4) is 0 Å². The zero-order valence-electron chi connectivity index (χ0n) is 7.72. The van der Waals surface area contributed by atoms with E-state index in [1.807, 2.05) is 6.20 Å². The number of hydrogen-bond donors (Lipinski definition) is 0. The number of nitrogens with zero attached hydrogens (tertiary/aromatic N) is 1. The van der Waals surface area contributed by atoms with Gasteiger partial charge in [-0.05, 0) is 42.9 Å². The van der Waals surface area contributed by atoms with E-state index in [2.05, 4.69) is 11.1 Å². The van der Waals surface area contributed by atoms with Crippen molar-refractivity contribution in [2.45, 2.75) is 32.1 Å². The zero-order chi connectivity index (χ0) is 9.10. The van der Waals surface area contributed by atoms with E-state index in [0.29, 0.717) is 5.88 Å². The van der Waals surface area contributed by atoms with Gasteiger partial charge in [0.2, 0.25) is 0 Å². The van der Waals surface area contributed by atoms with Crippen molar-refractivity contribution in [3.8, 4) is 0 Å². The summed E-state index contributed by atoms with van der Waals surface area (Å²) in [5, 5.41) is 0. The Kier molecular flexibility index (Phi) is 2.84. The minimum atomic E-state index is 0.684. The molecule has 2 heteroatoms. The van der Waals surface area contributed by atoms with Gasteiger partial charge in [-0.25, -0.2) is 0 Å². The first-order valence-electron chi connectivity index (χ1n) is 4.93. The predicted octanol–water partition coefficient (Wildman–Crippen LogP) is 2.74. The highest BCUT2D eigenvalue weighted by Crippen LogP contribution is 2.23. The molecule has 1 nitrogen and oxygen atoms in total. The molecule has 0 spiro atoms. The second kappa shape index (κ2) is 4.10. The molecule has 0 N–H and O–H groups in total. The summed E-state index contributed by atoms with van der Waals surface area (Å²) < 4.78 is 0. The number of aromatic nitrogens is 1. The molecule has 2 rings (SSSR count). The largest absolute Gasteiger partial charge is 0.261 e. The Morgan fingerprint density at radius 1 is 1.31 bits per heavy atom. The van der Waals surface area contributed by atoms with Crippen LogP contribution in [0.1, 0.15) is 29.7 Å². The molecule has 0 bridgehead atoms. The molecule has 1 heterocycles. The van der Waals surface area contributed by atoms with Crippen LogP contribution >= 0.6 is 11.6 Å². The standard InChI is InChI=1S/C11H14ClN/c12-7-5-11-10-4-2-1-3-9(10)6-8-13-11/h6,8H,1-5,7H2. The maximum Gasteiger partial charge on any atom is 0.0450 e. The van der Waals surface area contributed by atoms with Gasteiger partial charge in [-0.15, -0.1) is 11.6 Å². The highest BCUT2D eigenvalue weighted by Gasteiger charge is 2.12. The molecule has 0 saturated carbocycles. The Morgan fingerprint density at radius 3 is 3.00 bits per heavy atom. The topological polar surface area (TPSA) is 12.9 Å². The van der Waals surface area contributed by atoms with Crippen LogP contribution in [0.2, 0.25) is 0 Å². The van der Waals surface area contributed by atoms with Crippen molar-refractivity contribution < 1.29 is 0 Å². The van der Waals surface area contributed by atoms with E-state index < -0.39 is 0 Å². The van der Waals surface area contributed by atoms with E-state index in [1.54, 1.807) is 0 Å². The lowest BCUT2D eigenvalue weighted by atomic mass is 9.90. The number of rotatable bonds is 2. The molecule has 13 heavy (non-hydrogen) atoms.